The van der Waals surface area contributed by atoms with Gasteiger partial charge in [-0.05, 0) is 30.5 Å². The number of ether oxygens (including phenoxy) is 4. The van der Waals surface area contributed by atoms with E-state index in [1.165, 1.54) is 5.56 Å². The molecule has 0 aromatic heterocycles. The zero-order chi connectivity index (χ0) is 14.9. The Bertz CT molecular complexity index is 419. The highest BCUT2D eigenvalue weighted by Gasteiger charge is 2.17. The lowest BCUT2D eigenvalue weighted by atomic mass is 10.1. The fourth-order valence-electron chi connectivity index (χ4n) is 2.31. The quantitative estimate of drug-likeness (QED) is 0.743. The van der Waals surface area contributed by atoms with Crippen LogP contribution < -0.4 is 14.8 Å². The van der Waals surface area contributed by atoms with Crippen LogP contribution in [0, 0.1) is 0 Å². The lowest BCUT2D eigenvalue weighted by molar-refractivity contribution is 0.00641. The van der Waals surface area contributed by atoms with Gasteiger partial charge in [0.1, 0.15) is 6.10 Å². The van der Waals surface area contributed by atoms with Crippen molar-refractivity contribution in [2.45, 2.75) is 25.5 Å². The van der Waals surface area contributed by atoms with Gasteiger partial charge in [0.15, 0.2) is 11.5 Å². The second-order valence-corrected chi connectivity index (χ2v) is 5.11. The zero-order valence-electron chi connectivity index (χ0n) is 12.9. The van der Waals surface area contributed by atoms with Crippen LogP contribution in [0.3, 0.4) is 0 Å². The Kier molecular flexibility index (Phi) is 6.79. The first-order valence-electron chi connectivity index (χ1n) is 7.44. The van der Waals surface area contributed by atoms with E-state index in [2.05, 4.69) is 5.32 Å². The molecule has 0 amide bonds. The third-order valence-electron chi connectivity index (χ3n) is 3.45. The van der Waals surface area contributed by atoms with E-state index in [1.54, 1.807) is 14.2 Å². The molecule has 1 aliphatic rings. The van der Waals surface area contributed by atoms with E-state index in [9.17, 15) is 0 Å². The summed E-state index contributed by atoms with van der Waals surface area (Å²) in [5.41, 5.74) is 1.17. The molecule has 118 valence electrons. The summed E-state index contributed by atoms with van der Waals surface area (Å²) in [4.78, 5) is 0. The Morgan fingerprint density at radius 1 is 1.29 bits per heavy atom. The van der Waals surface area contributed by atoms with Gasteiger partial charge in [-0.25, -0.2) is 0 Å². The standard InChI is InChI=1S/C16H25NO4/c1-18-9-7-17-11-13-5-6-15(19-2)16(10-13)21-14-4-3-8-20-12-14/h5-6,10,14,17H,3-4,7-9,11-12H2,1-2H3. The minimum absolute atomic E-state index is 0.115. The van der Waals surface area contributed by atoms with Crippen molar-refractivity contribution in [3.05, 3.63) is 23.8 Å². The van der Waals surface area contributed by atoms with Crippen LogP contribution in [0.15, 0.2) is 18.2 Å². The summed E-state index contributed by atoms with van der Waals surface area (Å²) in [6.07, 6.45) is 2.19. The predicted molar refractivity (Wildman–Crippen MR) is 81.0 cm³/mol. The van der Waals surface area contributed by atoms with Gasteiger partial charge in [-0.1, -0.05) is 6.07 Å². The molecule has 2 rings (SSSR count). The van der Waals surface area contributed by atoms with Gasteiger partial charge < -0.3 is 24.3 Å². The van der Waals surface area contributed by atoms with Crippen molar-refractivity contribution in [3.63, 3.8) is 0 Å². The first-order valence-corrected chi connectivity index (χ1v) is 7.44. The van der Waals surface area contributed by atoms with Crippen LogP contribution in [0.5, 0.6) is 11.5 Å². The molecule has 21 heavy (non-hydrogen) atoms. The van der Waals surface area contributed by atoms with Gasteiger partial charge in [0, 0.05) is 26.8 Å². The van der Waals surface area contributed by atoms with Gasteiger partial charge in [0.05, 0.1) is 20.3 Å². The number of nitrogens with one attached hydrogen (secondary N) is 1. The van der Waals surface area contributed by atoms with E-state index in [1.807, 2.05) is 18.2 Å². The first kappa shape index (κ1) is 16.1. The molecule has 1 aromatic rings. The second kappa shape index (κ2) is 8.87. The van der Waals surface area contributed by atoms with Crippen LogP contribution in [-0.4, -0.2) is 46.7 Å². The van der Waals surface area contributed by atoms with Crippen molar-refractivity contribution in [2.75, 3.05) is 40.6 Å². The van der Waals surface area contributed by atoms with Crippen molar-refractivity contribution in [2.24, 2.45) is 0 Å². The van der Waals surface area contributed by atoms with Crippen molar-refractivity contribution in [3.8, 4) is 11.5 Å². The average molecular weight is 295 g/mol. The molecule has 1 fully saturated rings. The van der Waals surface area contributed by atoms with Crippen LogP contribution in [0.1, 0.15) is 18.4 Å². The Hall–Kier alpha value is -1.30. The third-order valence-corrected chi connectivity index (χ3v) is 3.45. The molecule has 1 aromatic carbocycles. The SMILES string of the molecule is COCCNCc1ccc(OC)c(OC2CCCOC2)c1. The third kappa shape index (κ3) is 5.19. The fourth-order valence-corrected chi connectivity index (χ4v) is 2.31. The molecule has 5 nitrogen and oxygen atoms in total. The molecule has 1 saturated heterocycles. The maximum atomic E-state index is 6.04. The van der Waals surface area contributed by atoms with Crippen LogP contribution in [0.4, 0.5) is 0 Å². The number of rotatable bonds is 8. The molecule has 5 heteroatoms. The molecule has 0 aliphatic carbocycles. The van der Waals surface area contributed by atoms with Crippen LogP contribution in [0.2, 0.25) is 0 Å². The summed E-state index contributed by atoms with van der Waals surface area (Å²) in [5, 5.41) is 3.32. The zero-order valence-corrected chi connectivity index (χ0v) is 12.9. The topological polar surface area (TPSA) is 49.0 Å². The van der Waals surface area contributed by atoms with Gasteiger partial charge in [-0.3, -0.25) is 0 Å². The average Bonchev–Trinajstić information content (AvgIpc) is 2.53. The summed E-state index contributed by atoms with van der Waals surface area (Å²) in [5.74, 6) is 1.56. The highest BCUT2D eigenvalue weighted by molar-refractivity contribution is 5.43. The maximum absolute atomic E-state index is 6.04. The van der Waals surface area contributed by atoms with Gasteiger partial charge in [0.25, 0.3) is 0 Å². The second-order valence-electron chi connectivity index (χ2n) is 5.11. The molecule has 1 heterocycles. The predicted octanol–water partition coefficient (Wildman–Crippen LogP) is 1.99. The number of hydrogen-bond acceptors (Lipinski definition) is 5. The van der Waals surface area contributed by atoms with Crippen LogP contribution in [0.25, 0.3) is 0 Å². The number of benzene rings is 1. The van der Waals surface area contributed by atoms with Gasteiger partial charge in [-0.2, -0.15) is 0 Å². The number of methoxy groups -OCH3 is 2. The molecule has 1 N–H and O–H groups in total. The van der Waals surface area contributed by atoms with E-state index in [0.717, 1.165) is 44.0 Å². The van der Waals surface area contributed by atoms with Gasteiger partial charge in [0.2, 0.25) is 0 Å². The summed E-state index contributed by atoms with van der Waals surface area (Å²) in [6, 6.07) is 6.03. The summed E-state index contributed by atoms with van der Waals surface area (Å²) < 4.78 is 21.9. The fraction of sp³-hybridized carbons (Fsp3) is 0.625. The molecule has 0 bridgehead atoms. The molecule has 1 unspecified atom stereocenters. The Morgan fingerprint density at radius 2 is 2.19 bits per heavy atom. The van der Waals surface area contributed by atoms with E-state index in [0.29, 0.717) is 13.2 Å². The molecule has 0 saturated carbocycles. The van der Waals surface area contributed by atoms with Gasteiger partial charge in [-0.15, -0.1) is 0 Å². The molecule has 1 atom stereocenters. The minimum atomic E-state index is 0.115. The monoisotopic (exact) mass is 295 g/mol. The Labute approximate surface area is 126 Å². The Balaban J connectivity index is 1.95. The van der Waals surface area contributed by atoms with Gasteiger partial charge >= 0.3 is 0 Å². The summed E-state index contributed by atoms with van der Waals surface area (Å²) in [7, 11) is 3.36. The van der Waals surface area contributed by atoms with E-state index in [-0.39, 0.29) is 6.10 Å². The number of hydrogen-bond donors (Lipinski definition) is 1. The minimum Gasteiger partial charge on any atom is -0.493 e. The van der Waals surface area contributed by atoms with E-state index < -0.39 is 0 Å². The van der Waals surface area contributed by atoms with Crippen LogP contribution >= 0.6 is 0 Å². The van der Waals surface area contributed by atoms with Crippen molar-refractivity contribution in [1.29, 1.82) is 0 Å². The summed E-state index contributed by atoms with van der Waals surface area (Å²) >= 11 is 0. The van der Waals surface area contributed by atoms with E-state index in [4.69, 9.17) is 18.9 Å². The maximum Gasteiger partial charge on any atom is 0.162 e. The Morgan fingerprint density at radius 3 is 2.90 bits per heavy atom. The molecular formula is C16H25NO4. The van der Waals surface area contributed by atoms with Crippen molar-refractivity contribution < 1.29 is 18.9 Å². The van der Waals surface area contributed by atoms with E-state index >= 15 is 0 Å². The highest BCUT2D eigenvalue weighted by atomic mass is 16.5. The molecule has 1 aliphatic heterocycles. The molecule has 0 spiro atoms. The molecule has 0 radical (unpaired) electrons. The lowest BCUT2D eigenvalue weighted by Crippen LogP contribution is -2.28. The van der Waals surface area contributed by atoms with Crippen molar-refractivity contribution >= 4 is 0 Å². The van der Waals surface area contributed by atoms with Crippen molar-refractivity contribution in [1.82, 2.24) is 5.32 Å². The first-order chi connectivity index (χ1) is 10.3. The smallest absolute Gasteiger partial charge is 0.162 e. The highest BCUT2D eigenvalue weighted by Crippen LogP contribution is 2.30. The van der Waals surface area contributed by atoms with Crippen LogP contribution in [-0.2, 0) is 16.0 Å². The normalized spacial score (nSPS) is 18.5. The lowest BCUT2D eigenvalue weighted by Gasteiger charge is -2.24. The largest absolute Gasteiger partial charge is 0.493 e. The molecular weight excluding hydrogens is 270 g/mol. The summed E-state index contributed by atoms with van der Waals surface area (Å²) in [6.45, 7) is 3.80.